The monoisotopic (exact) mass is 847 g/mol. The van der Waals surface area contributed by atoms with Crippen LogP contribution in [-0.4, -0.2) is 38.0 Å². The van der Waals surface area contributed by atoms with E-state index in [9.17, 15) is 18.4 Å². The van der Waals surface area contributed by atoms with Crippen LogP contribution in [0.4, 0.5) is 25.8 Å². The van der Waals surface area contributed by atoms with E-state index < -0.39 is 0 Å². The van der Waals surface area contributed by atoms with Crippen molar-refractivity contribution >= 4 is 40.5 Å². The van der Waals surface area contributed by atoms with Gasteiger partial charge in [-0.3, -0.25) is 9.59 Å². The van der Waals surface area contributed by atoms with E-state index in [-0.39, 0.29) is 41.9 Å². The van der Waals surface area contributed by atoms with Crippen molar-refractivity contribution < 1.29 is 27.8 Å². The standard InChI is InChI=1S/C26H25ClFNO2.C25H31FN2O2/c1-17(2)23-12-10-22(15-25(23)28)31-16-19-14-21(29-13-3-4-26(29)30)9-11-24(19)18-5-7-20(27)8-6-18;1-18(2)22-10-9-21(16-23(22)26)30-17-19-15-20(28-14-6-7-25(28)29)8-11-24(19)27-12-4-3-5-13-27/h5-12,14-15,17H,3-4,13,16H2,1-2H3;8-11,15-16,18H,3-7,12-14,17H2,1-2H3. The highest BCUT2D eigenvalue weighted by Crippen LogP contribution is 2.34. The van der Waals surface area contributed by atoms with Gasteiger partial charge in [-0.25, -0.2) is 8.78 Å². The van der Waals surface area contributed by atoms with Crippen molar-refractivity contribution in [2.45, 2.75) is 97.7 Å². The molecule has 0 bridgehead atoms. The molecule has 7 nitrogen and oxygen atoms in total. The molecule has 0 atom stereocenters. The first kappa shape index (κ1) is 43.7. The summed E-state index contributed by atoms with van der Waals surface area (Å²) in [5.74, 6) is 1.09. The predicted molar refractivity (Wildman–Crippen MR) is 242 cm³/mol. The molecule has 0 saturated carbocycles. The third-order valence-electron chi connectivity index (χ3n) is 11.8. The van der Waals surface area contributed by atoms with Crippen molar-refractivity contribution in [3.05, 3.63) is 136 Å². The molecule has 3 fully saturated rings. The van der Waals surface area contributed by atoms with E-state index in [4.69, 9.17) is 21.1 Å². The molecule has 0 N–H and O–H groups in total. The Balaban J connectivity index is 0.000000184. The Morgan fingerprint density at radius 2 is 1.08 bits per heavy atom. The highest BCUT2D eigenvalue weighted by Gasteiger charge is 2.25. The number of benzene rings is 5. The number of hydrogen-bond acceptors (Lipinski definition) is 5. The second kappa shape index (κ2) is 20.0. The van der Waals surface area contributed by atoms with Gasteiger partial charge in [0.25, 0.3) is 0 Å². The highest BCUT2D eigenvalue weighted by molar-refractivity contribution is 6.30. The van der Waals surface area contributed by atoms with Crippen LogP contribution in [0, 0.1) is 11.6 Å². The summed E-state index contributed by atoms with van der Waals surface area (Å²) in [6.07, 6.45) is 6.60. The number of anilines is 3. The number of ether oxygens (including phenoxy) is 2. The molecule has 320 valence electrons. The second-order valence-corrected chi connectivity index (χ2v) is 17.2. The van der Waals surface area contributed by atoms with E-state index in [2.05, 4.69) is 17.0 Å². The van der Waals surface area contributed by atoms with Crippen LogP contribution in [0.3, 0.4) is 0 Å². The van der Waals surface area contributed by atoms with Gasteiger partial charge in [-0.05, 0) is 126 Å². The Labute approximate surface area is 364 Å². The van der Waals surface area contributed by atoms with E-state index in [0.717, 1.165) is 78.3 Å². The van der Waals surface area contributed by atoms with Crippen molar-refractivity contribution in [3.8, 4) is 22.6 Å². The fourth-order valence-corrected chi connectivity index (χ4v) is 8.50. The number of nitrogens with zero attached hydrogens (tertiary/aromatic N) is 3. The van der Waals surface area contributed by atoms with Gasteiger partial charge in [-0.15, -0.1) is 0 Å². The average Bonchev–Trinajstić information content (AvgIpc) is 3.90. The van der Waals surface area contributed by atoms with Gasteiger partial charge in [-0.2, -0.15) is 0 Å². The summed E-state index contributed by atoms with van der Waals surface area (Å²) in [7, 11) is 0. The van der Waals surface area contributed by atoms with Gasteiger partial charge in [-0.1, -0.05) is 69.6 Å². The van der Waals surface area contributed by atoms with E-state index in [0.29, 0.717) is 47.1 Å². The molecule has 5 aromatic carbocycles. The second-order valence-electron chi connectivity index (χ2n) is 16.8. The van der Waals surface area contributed by atoms with Crippen molar-refractivity contribution in [2.24, 2.45) is 0 Å². The highest BCUT2D eigenvalue weighted by atomic mass is 35.5. The van der Waals surface area contributed by atoms with Gasteiger partial charge in [0.15, 0.2) is 0 Å². The van der Waals surface area contributed by atoms with E-state index in [1.165, 1.54) is 31.4 Å². The lowest BCUT2D eigenvalue weighted by molar-refractivity contribution is -0.117. The molecule has 10 heteroatoms. The fourth-order valence-electron chi connectivity index (χ4n) is 8.37. The molecule has 0 aromatic heterocycles. The Morgan fingerprint density at radius 1 is 0.574 bits per heavy atom. The van der Waals surface area contributed by atoms with Crippen molar-refractivity contribution in [2.75, 3.05) is 40.9 Å². The summed E-state index contributed by atoms with van der Waals surface area (Å²) in [4.78, 5) is 30.5. The third kappa shape index (κ3) is 10.7. The Bertz CT molecular complexity index is 2330. The molecule has 3 aliphatic rings. The van der Waals surface area contributed by atoms with E-state index >= 15 is 0 Å². The quantitative estimate of drug-likeness (QED) is 0.125. The SMILES string of the molecule is CC(C)c1ccc(OCc2cc(N3CCCC3=O)ccc2-c2ccc(Cl)cc2)cc1F.CC(C)c1ccc(OCc2cc(N3CCCC3=O)ccc2N2CCCCC2)cc1F. The van der Waals surface area contributed by atoms with Crippen LogP contribution in [-0.2, 0) is 22.8 Å². The molecule has 0 aliphatic carbocycles. The minimum Gasteiger partial charge on any atom is -0.489 e. The molecule has 3 saturated heterocycles. The Kier molecular flexibility index (Phi) is 14.3. The molecule has 0 spiro atoms. The third-order valence-corrected chi connectivity index (χ3v) is 12.0. The van der Waals surface area contributed by atoms with Gasteiger partial charge in [0.1, 0.15) is 36.3 Å². The fraction of sp³-hybridized carbons (Fsp3) is 0.373. The zero-order chi connectivity index (χ0) is 43.0. The molecular weight excluding hydrogens is 792 g/mol. The number of halogens is 3. The van der Waals surface area contributed by atoms with Crippen LogP contribution >= 0.6 is 11.6 Å². The number of piperidine rings is 1. The zero-order valence-electron chi connectivity index (χ0n) is 35.7. The van der Waals surface area contributed by atoms with Crippen molar-refractivity contribution in [1.82, 2.24) is 0 Å². The first-order valence-corrected chi connectivity index (χ1v) is 22.0. The maximum atomic E-state index is 14.4. The lowest BCUT2D eigenvalue weighted by Gasteiger charge is -2.31. The molecule has 3 aliphatic heterocycles. The summed E-state index contributed by atoms with van der Waals surface area (Å²) < 4.78 is 40.7. The minimum atomic E-state index is -0.262. The van der Waals surface area contributed by atoms with Gasteiger partial charge < -0.3 is 24.2 Å². The molecule has 0 radical (unpaired) electrons. The van der Waals surface area contributed by atoms with Gasteiger partial charge in [0.05, 0.1) is 0 Å². The van der Waals surface area contributed by atoms with E-state index in [1.54, 1.807) is 18.2 Å². The Morgan fingerprint density at radius 3 is 1.57 bits per heavy atom. The number of hydrogen-bond donors (Lipinski definition) is 0. The van der Waals surface area contributed by atoms with E-state index in [1.807, 2.05) is 92.1 Å². The first-order valence-electron chi connectivity index (χ1n) is 21.7. The molecule has 61 heavy (non-hydrogen) atoms. The lowest BCUT2D eigenvalue weighted by Crippen LogP contribution is -2.31. The largest absolute Gasteiger partial charge is 0.489 e. The number of amides is 2. The molecule has 3 heterocycles. The molecule has 5 aromatic rings. The maximum Gasteiger partial charge on any atom is 0.227 e. The predicted octanol–water partition coefficient (Wildman–Crippen LogP) is 12.6. The van der Waals surface area contributed by atoms with Gasteiger partial charge in [0.2, 0.25) is 11.8 Å². The normalized spacial score (nSPS) is 15.5. The van der Waals surface area contributed by atoms with Crippen LogP contribution in [0.5, 0.6) is 11.5 Å². The average molecular weight is 848 g/mol. The van der Waals surface area contributed by atoms with Crippen molar-refractivity contribution in [1.29, 1.82) is 0 Å². The smallest absolute Gasteiger partial charge is 0.227 e. The first-order chi connectivity index (χ1) is 29.4. The summed E-state index contributed by atoms with van der Waals surface area (Å²) >= 11 is 6.05. The molecule has 2 amide bonds. The number of carbonyl (C=O) groups is 2. The summed E-state index contributed by atoms with van der Waals surface area (Å²) in [6, 6.07) is 29.9. The summed E-state index contributed by atoms with van der Waals surface area (Å²) in [5, 5.41) is 0.668. The molecule has 8 rings (SSSR count). The maximum absolute atomic E-state index is 14.4. The van der Waals surface area contributed by atoms with Crippen LogP contribution < -0.4 is 24.2 Å². The zero-order valence-corrected chi connectivity index (χ0v) is 36.4. The number of rotatable bonds is 12. The van der Waals surface area contributed by atoms with Crippen LogP contribution in [0.15, 0.2) is 97.1 Å². The van der Waals surface area contributed by atoms with Crippen LogP contribution in [0.25, 0.3) is 11.1 Å². The summed E-state index contributed by atoms with van der Waals surface area (Å²) in [5.41, 5.74) is 8.28. The summed E-state index contributed by atoms with van der Waals surface area (Å²) in [6.45, 7) is 12.1. The van der Waals surface area contributed by atoms with Gasteiger partial charge in [0, 0.05) is 78.8 Å². The number of carbonyl (C=O) groups excluding carboxylic acids is 2. The van der Waals surface area contributed by atoms with Crippen LogP contribution in [0.2, 0.25) is 5.02 Å². The molecule has 0 unspecified atom stereocenters. The molecular formula is C51H56ClF2N3O4. The lowest BCUT2D eigenvalue weighted by atomic mass is 9.99. The van der Waals surface area contributed by atoms with Crippen LogP contribution in [0.1, 0.15) is 107 Å². The van der Waals surface area contributed by atoms with Gasteiger partial charge >= 0.3 is 0 Å². The topological polar surface area (TPSA) is 62.3 Å². The Hall–Kier alpha value is -5.41. The van der Waals surface area contributed by atoms with Crippen molar-refractivity contribution in [3.63, 3.8) is 0 Å². The minimum absolute atomic E-state index is 0.111.